The van der Waals surface area contributed by atoms with Crippen LogP contribution < -0.4 is 0 Å². The first-order valence-electron chi connectivity index (χ1n) is 8.46. The second-order valence-electron chi connectivity index (χ2n) is 6.31. The van der Waals surface area contributed by atoms with Gasteiger partial charge in [0, 0.05) is 5.92 Å². The van der Waals surface area contributed by atoms with E-state index in [-0.39, 0.29) is 13.0 Å². The highest BCUT2D eigenvalue weighted by atomic mass is 16.5. The van der Waals surface area contributed by atoms with E-state index in [2.05, 4.69) is 0 Å². The number of esters is 1. The first-order chi connectivity index (χ1) is 12.5. The van der Waals surface area contributed by atoms with Gasteiger partial charge in [-0.3, -0.25) is 4.79 Å². The molecule has 1 aliphatic carbocycles. The first kappa shape index (κ1) is 17.9. The highest BCUT2D eigenvalue weighted by molar-refractivity contribution is 5.90. The Hall–Kier alpha value is -2.92. The van der Waals surface area contributed by atoms with E-state index in [0.29, 0.717) is 17.6 Å². The first-order valence-corrected chi connectivity index (χ1v) is 8.46. The largest absolute Gasteiger partial charge is 0.481 e. The van der Waals surface area contributed by atoms with Crippen molar-refractivity contribution < 1.29 is 24.5 Å². The number of hydrogen-bond acceptors (Lipinski definition) is 4. The number of aliphatic hydroxyl groups is 1. The molecule has 5 heteroatoms. The molecule has 0 fully saturated rings. The molecule has 0 spiro atoms. The third-order valence-electron chi connectivity index (χ3n) is 4.55. The number of rotatable bonds is 6. The molecule has 0 heterocycles. The summed E-state index contributed by atoms with van der Waals surface area (Å²) in [5, 5.41) is 18.8. The molecule has 0 aromatic heterocycles. The Bertz CT molecular complexity index is 808. The van der Waals surface area contributed by atoms with Crippen LogP contribution in [0.15, 0.2) is 66.2 Å². The summed E-state index contributed by atoms with van der Waals surface area (Å²) in [6.45, 7) is -0.00568. The molecule has 2 N–H and O–H groups in total. The minimum absolute atomic E-state index is 0.00568. The maximum atomic E-state index is 12.2. The number of carbonyl (C=O) groups excluding carboxylic acids is 1. The lowest BCUT2D eigenvalue weighted by molar-refractivity contribution is -0.138. The van der Waals surface area contributed by atoms with Crippen molar-refractivity contribution >= 4 is 11.9 Å². The molecule has 3 rings (SSSR count). The van der Waals surface area contributed by atoms with Crippen LogP contribution in [0.1, 0.15) is 23.2 Å². The van der Waals surface area contributed by atoms with Gasteiger partial charge in [-0.15, -0.1) is 0 Å². The summed E-state index contributed by atoms with van der Waals surface area (Å²) >= 11 is 0. The molecule has 1 aliphatic rings. The molecule has 0 unspecified atom stereocenters. The Morgan fingerprint density at radius 3 is 2.31 bits per heavy atom. The summed E-state index contributed by atoms with van der Waals surface area (Å²) in [7, 11) is 0. The summed E-state index contributed by atoms with van der Waals surface area (Å²) < 4.78 is 5.31. The number of hydrogen-bond donors (Lipinski definition) is 2. The summed E-state index contributed by atoms with van der Waals surface area (Å²) in [6, 6.07) is 17.0. The standard InChI is InChI=1S/C21H20O5/c22-19-11-10-17(18(19)12-20(23)24)13-26-21(25)16-8-6-15(7-9-16)14-4-2-1-3-5-14/h1-10,18-19,22H,11-13H2,(H,23,24)/t18-,19+/m0/s1. The molecule has 0 radical (unpaired) electrons. The van der Waals surface area contributed by atoms with Gasteiger partial charge in [0.2, 0.25) is 0 Å². The topological polar surface area (TPSA) is 83.8 Å². The number of aliphatic carboxylic acids is 1. The third kappa shape index (κ3) is 4.18. The van der Waals surface area contributed by atoms with Crippen molar-refractivity contribution in [2.75, 3.05) is 6.61 Å². The number of carboxylic acid groups (broad SMARTS) is 1. The minimum atomic E-state index is -0.982. The van der Waals surface area contributed by atoms with Crippen molar-refractivity contribution in [3.63, 3.8) is 0 Å². The Kier molecular flexibility index (Phi) is 5.49. The number of aliphatic hydroxyl groups excluding tert-OH is 1. The quantitative estimate of drug-likeness (QED) is 0.616. The van der Waals surface area contributed by atoms with E-state index in [9.17, 15) is 14.7 Å². The van der Waals surface area contributed by atoms with Gasteiger partial charge in [-0.1, -0.05) is 48.5 Å². The van der Waals surface area contributed by atoms with Crippen LogP contribution in [0.5, 0.6) is 0 Å². The molecule has 134 valence electrons. The van der Waals surface area contributed by atoms with Crippen molar-refractivity contribution in [1.82, 2.24) is 0 Å². The Labute approximate surface area is 151 Å². The molecule has 0 saturated carbocycles. The van der Waals surface area contributed by atoms with Gasteiger partial charge >= 0.3 is 11.9 Å². The van der Waals surface area contributed by atoms with Crippen LogP contribution in [0.3, 0.4) is 0 Å². The molecule has 0 aliphatic heterocycles. The fourth-order valence-electron chi connectivity index (χ4n) is 3.12. The molecular weight excluding hydrogens is 332 g/mol. The monoisotopic (exact) mass is 352 g/mol. The fraction of sp³-hybridized carbons (Fsp3) is 0.238. The van der Waals surface area contributed by atoms with E-state index in [0.717, 1.165) is 11.1 Å². The van der Waals surface area contributed by atoms with Gasteiger partial charge in [-0.05, 0) is 35.3 Å². The van der Waals surface area contributed by atoms with Gasteiger partial charge < -0.3 is 14.9 Å². The summed E-state index contributed by atoms with van der Waals surface area (Å²) in [6.07, 6.45) is 1.24. The summed E-state index contributed by atoms with van der Waals surface area (Å²) in [5.41, 5.74) is 3.16. The second kappa shape index (κ2) is 7.97. The Morgan fingerprint density at radius 2 is 1.65 bits per heavy atom. The van der Waals surface area contributed by atoms with Crippen LogP contribution in [0.4, 0.5) is 0 Å². The fourth-order valence-corrected chi connectivity index (χ4v) is 3.12. The lowest BCUT2D eigenvalue weighted by Crippen LogP contribution is -2.22. The predicted octanol–water partition coefficient (Wildman–Crippen LogP) is 3.29. The van der Waals surface area contributed by atoms with E-state index in [1.165, 1.54) is 0 Å². The normalized spacial score (nSPS) is 19.0. The number of ether oxygens (including phenoxy) is 1. The van der Waals surface area contributed by atoms with Gasteiger partial charge in [0.05, 0.1) is 18.1 Å². The lowest BCUT2D eigenvalue weighted by atomic mass is 9.96. The van der Waals surface area contributed by atoms with E-state index in [1.807, 2.05) is 42.5 Å². The van der Waals surface area contributed by atoms with E-state index in [1.54, 1.807) is 18.2 Å². The van der Waals surface area contributed by atoms with Crippen LogP contribution in [-0.4, -0.2) is 34.9 Å². The van der Waals surface area contributed by atoms with E-state index >= 15 is 0 Å². The number of carbonyl (C=O) groups is 2. The highest BCUT2D eigenvalue weighted by Gasteiger charge is 2.30. The van der Waals surface area contributed by atoms with Gasteiger partial charge in [0.25, 0.3) is 0 Å². The molecule has 0 amide bonds. The van der Waals surface area contributed by atoms with Crippen LogP contribution >= 0.6 is 0 Å². The number of benzene rings is 2. The van der Waals surface area contributed by atoms with Crippen LogP contribution in [0, 0.1) is 5.92 Å². The third-order valence-corrected chi connectivity index (χ3v) is 4.55. The van der Waals surface area contributed by atoms with Gasteiger partial charge in [-0.2, -0.15) is 0 Å². The molecule has 2 aromatic rings. The lowest BCUT2D eigenvalue weighted by Gasteiger charge is -2.17. The average Bonchev–Trinajstić information content (AvgIpc) is 3.00. The Balaban J connectivity index is 1.61. The van der Waals surface area contributed by atoms with E-state index < -0.39 is 24.0 Å². The van der Waals surface area contributed by atoms with Crippen molar-refractivity contribution in [3.05, 3.63) is 71.8 Å². The zero-order valence-electron chi connectivity index (χ0n) is 14.2. The van der Waals surface area contributed by atoms with Gasteiger partial charge in [0.15, 0.2) is 0 Å². The maximum Gasteiger partial charge on any atom is 0.338 e. The molecule has 5 nitrogen and oxygen atoms in total. The van der Waals surface area contributed by atoms with Crippen LogP contribution in [-0.2, 0) is 9.53 Å². The zero-order chi connectivity index (χ0) is 18.5. The smallest absolute Gasteiger partial charge is 0.338 e. The van der Waals surface area contributed by atoms with Gasteiger partial charge in [-0.25, -0.2) is 4.79 Å². The SMILES string of the molecule is O=C(O)C[C@H]1C(COC(=O)c2ccc(-c3ccccc3)cc2)=CC[C@H]1O. The molecule has 2 atom stereocenters. The summed E-state index contributed by atoms with van der Waals surface area (Å²) in [4.78, 5) is 23.1. The van der Waals surface area contributed by atoms with Crippen molar-refractivity contribution in [3.8, 4) is 11.1 Å². The molecule has 0 bridgehead atoms. The second-order valence-corrected chi connectivity index (χ2v) is 6.31. The van der Waals surface area contributed by atoms with Crippen molar-refractivity contribution in [2.45, 2.75) is 18.9 Å². The van der Waals surface area contributed by atoms with Gasteiger partial charge in [0.1, 0.15) is 6.61 Å². The minimum Gasteiger partial charge on any atom is -0.481 e. The zero-order valence-corrected chi connectivity index (χ0v) is 14.2. The maximum absolute atomic E-state index is 12.2. The molecule has 26 heavy (non-hydrogen) atoms. The highest BCUT2D eigenvalue weighted by Crippen LogP contribution is 2.29. The van der Waals surface area contributed by atoms with E-state index in [4.69, 9.17) is 9.84 Å². The molecular formula is C21H20O5. The number of carboxylic acids is 1. The summed E-state index contributed by atoms with van der Waals surface area (Å²) in [5.74, 6) is -1.95. The van der Waals surface area contributed by atoms with Crippen molar-refractivity contribution in [2.24, 2.45) is 5.92 Å². The van der Waals surface area contributed by atoms with Crippen molar-refractivity contribution in [1.29, 1.82) is 0 Å². The molecule has 0 saturated heterocycles. The average molecular weight is 352 g/mol. The Morgan fingerprint density at radius 1 is 1.00 bits per heavy atom. The molecule has 2 aromatic carbocycles. The predicted molar refractivity (Wildman–Crippen MR) is 96.6 cm³/mol. The van der Waals surface area contributed by atoms with Crippen LogP contribution in [0.25, 0.3) is 11.1 Å². The van der Waals surface area contributed by atoms with Crippen LogP contribution in [0.2, 0.25) is 0 Å².